The second-order valence-corrected chi connectivity index (χ2v) is 7.02. The van der Waals surface area contributed by atoms with Crippen molar-refractivity contribution in [3.8, 4) is 17.1 Å². The number of halogens is 1. The largest absolute Gasteiger partial charge is 0.497 e. The van der Waals surface area contributed by atoms with E-state index in [1.54, 1.807) is 19.2 Å². The van der Waals surface area contributed by atoms with Crippen LogP contribution in [0.25, 0.3) is 11.4 Å². The Bertz CT molecular complexity index is 1080. The van der Waals surface area contributed by atoms with E-state index in [1.165, 1.54) is 12.1 Å². The van der Waals surface area contributed by atoms with Crippen LogP contribution in [0.5, 0.6) is 5.75 Å². The second kappa shape index (κ2) is 8.88. The van der Waals surface area contributed by atoms with Crippen molar-refractivity contribution >= 4 is 0 Å². The van der Waals surface area contributed by atoms with Crippen molar-refractivity contribution in [2.24, 2.45) is 0 Å². The van der Waals surface area contributed by atoms with Gasteiger partial charge in [0.25, 0.3) is 0 Å². The summed E-state index contributed by atoms with van der Waals surface area (Å²) in [5.41, 5.74) is 2.94. The number of hydrogen-bond donors (Lipinski definition) is 0. The van der Waals surface area contributed by atoms with Gasteiger partial charge in [0.2, 0.25) is 11.7 Å². The van der Waals surface area contributed by atoms with E-state index in [1.807, 2.05) is 49.5 Å². The maximum absolute atomic E-state index is 13.5. The molecular weight excluding hydrogens is 381 g/mol. The highest BCUT2D eigenvalue weighted by Crippen LogP contribution is 2.29. The zero-order chi connectivity index (χ0) is 20.9. The summed E-state index contributed by atoms with van der Waals surface area (Å²) < 4.78 is 24.1. The predicted molar refractivity (Wildman–Crippen MR) is 112 cm³/mol. The van der Waals surface area contributed by atoms with Gasteiger partial charge in [-0.25, -0.2) is 4.39 Å². The molecule has 0 spiro atoms. The van der Waals surface area contributed by atoms with Gasteiger partial charge in [0.1, 0.15) is 11.6 Å². The molecule has 1 atom stereocenters. The van der Waals surface area contributed by atoms with Gasteiger partial charge in [0.15, 0.2) is 0 Å². The van der Waals surface area contributed by atoms with Crippen molar-refractivity contribution in [1.82, 2.24) is 15.0 Å². The molecule has 6 heteroatoms. The summed E-state index contributed by atoms with van der Waals surface area (Å²) in [4.78, 5) is 6.64. The monoisotopic (exact) mass is 403 g/mol. The smallest absolute Gasteiger partial charge is 0.241 e. The molecule has 0 bridgehead atoms. The molecule has 0 unspecified atom stereocenters. The molecule has 0 amide bonds. The Labute approximate surface area is 174 Å². The minimum Gasteiger partial charge on any atom is -0.497 e. The number of benzene rings is 3. The van der Waals surface area contributed by atoms with Crippen molar-refractivity contribution in [3.63, 3.8) is 0 Å². The minimum absolute atomic E-state index is 0.0804. The Hall–Kier alpha value is -3.51. The summed E-state index contributed by atoms with van der Waals surface area (Å²) in [6, 6.07) is 24.1. The molecule has 0 saturated heterocycles. The zero-order valence-electron chi connectivity index (χ0n) is 16.8. The first-order valence-corrected chi connectivity index (χ1v) is 9.61. The second-order valence-electron chi connectivity index (χ2n) is 7.02. The van der Waals surface area contributed by atoms with Gasteiger partial charge in [-0.2, -0.15) is 4.98 Å². The van der Waals surface area contributed by atoms with Gasteiger partial charge >= 0.3 is 0 Å². The van der Waals surface area contributed by atoms with Gasteiger partial charge in [-0.1, -0.05) is 47.6 Å². The third-order valence-electron chi connectivity index (χ3n) is 4.94. The molecular formula is C24H22FN3O2. The lowest BCUT2D eigenvalue weighted by Gasteiger charge is -2.27. The molecule has 0 aliphatic rings. The molecule has 0 N–H and O–H groups in total. The van der Waals surface area contributed by atoms with Gasteiger partial charge in [-0.3, -0.25) is 4.90 Å². The number of hydrogen-bond acceptors (Lipinski definition) is 5. The van der Waals surface area contributed by atoms with Crippen LogP contribution >= 0.6 is 0 Å². The highest BCUT2D eigenvalue weighted by atomic mass is 19.1. The quantitative estimate of drug-likeness (QED) is 0.429. The minimum atomic E-state index is -0.255. The Morgan fingerprint density at radius 2 is 1.60 bits per heavy atom. The van der Waals surface area contributed by atoms with Gasteiger partial charge in [0.05, 0.1) is 19.7 Å². The molecule has 0 aliphatic heterocycles. The number of ether oxygens (including phenoxy) is 1. The van der Waals surface area contributed by atoms with E-state index in [4.69, 9.17) is 9.26 Å². The summed E-state index contributed by atoms with van der Waals surface area (Å²) in [6.45, 7) is 0.445. The summed E-state index contributed by atoms with van der Waals surface area (Å²) in [5.74, 6) is 1.55. The highest BCUT2D eigenvalue weighted by molar-refractivity contribution is 5.55. The first-order chi connectivity index (χ1) is 14.6. The fourth-order valence-electron chi connectivity index (χ4n) is 3.46. The Balaban J connectivity index is 1.57. The molecule has 0 aliphatic carbocycles. The molecule has 4 aromatic rings. The summed E-state index contributed by atoms with van der Waals surface area (Å²) in [6.07, 6.45) is 0. The fourth-order valence-corrected chi connectivity index (χ4v) is 3.46. The Morgan fingerprint density at radius 1 is 0.933 bits per heavy atom. The molecule has 4 rings (SSSR count). The van der Waals surface area contributed by atoms with Gasteiger partial charge in [-0.15, -0.1) is 0 Å². The van der Waals surface area contributed by atoms with Crippen molar-refractivity contribution in [1.29, 1.82) is 0 Å². The third-order valence-corrected chi connectivity index (χ3v) is 4.94. The average molecular weight is 403 g/mol. The van der Waals surface area contributed by atoms with Crippen molar-refractivity contribution < 1.29 is 13.7 Å². The molecule has 152 valence electrons. The predicted octanol–water partition coefficient (Wildman–Crippen LogP) is 5.11. The molecule has 5 nitrogen and oxygen atoms in total. The van der Waals surface area contributed by atoms with Crippen LogP contribution in [-0.4, -0.2) is 29.2 Å². The summed E-state index contributed by atoms with van der Waals surface area (Å²) in [7, 11) is 3.61. The summed E-state index contributed by atoms with van der Waals surface area (Å²) >= 11 is 0. The molecule has 0 radical (unpaired) electrons. The van der Waals surface area contributed by atoms with Crippen LogP contribution in [0.15, 0.2) is 83.4 Å². The van der Waals surface area contributed by atoms with E-state index in [-0.39, 0.29) is 11.9 Å². The van der Waals surface area contributed by atoms with E-state index in [9.17, 15) is 4.39 Å². The van der Waals surface area contributed by atoms with Gasteiger partial charge in [0, 0.05) is 5.56 Å². The lowest BCUT2D eigenvalue weighted by atomic mass is 9.97. The Kier molecular flexibility index (Phi) is 5.86. The average Bonchev–Trinajstić information content (AvgIpc) is 3.24. The fraction of sp³-hybridized carbons (Fsp3) is 0.167. The molecule has 0 saturated carbocycles. The first-order valence-electron chi connectivity index (χ1n) is 9.61. The van der Waals surface area contributed by atoms with Crippen LogP contribution < -0.4 is 4.74 Å². The van der Waals surface area contributed by atoms with Crippen LogP contribution in [0.4, 0.5) is 4.39 Å². The normalized spacial score (nSPS) is 12.1. The van der Waals surface area contributed by atoms with Gasteiger partial charge in [-0.05, 0) is 54.6 Å². The van der Waals surface area contributed by atoms with Crippen LogP contribution in [0, 0.1) is 5.82 Å². The number of rotatable bonds is 7. The van der Waals surface area contributed by atoms with E-state index in [0.29, 0.717) is 18.3 Å². The summed E-state index contributed by atoms with van der Waals surface area (Å²) in [5, 5.41) is 4.11. The molecule has 1 aromatic heterocycles. The molecule has 30 heavy (non-hydrogen) atoms. The zero-order valence-corrected chi connectivity index (χ0v) is 16.8. The first kappa shape index (κ1) is 19.8. The van der Waals surface area contributed by atoms with Crippen molar-refractivity contribution in [2.75, 3.05) is 14.2 Å². The third kappa shape index (κ3) is 4.39. The van der Waals surface area contributed by atoms with Crippen LogP contribution in [0.2, 0.25) is 0 Å². The van der Waals surface area contributed by atoms with Crippen LogP contribution in [0.1, 0.15) is 23.1 Å². The number of nitrogens with zero attached hydrogens (tertiary/aromatic N) is 3. The van der Waals surface area contributed by atoms with E-state index < -0.39 is 0 Å². The standard InChI is InChI=1S/C24H22FN3O2/c1-28(16-22-26-24(27-30-22)19-10-14-21(29-2)15-11-19)23(17-6-4-3-5-7-17)18-8-12-20(25)13-9-18/h3-15,23H,16H2,1-2H3/t23-/m1/s1. The highest BCUT2D eigenvalue weighted by Gasteiger charge is 2.22. The maximum atomic E-state index is 13.5. The van der Waals surface area contributed by atoms with E-state index in [2.05, 4.69) is 27.2 Å². The van der Waals surface area contributed by atoms with Crippen LogP contribution in [0.3, 0.4) is 0 Å². The topological polar surface area (TPSA) is 51.4 Å². The van der Waals surface area contributed by atoms with E-state index in [0.717, 1.165) is 22.4 Å². The maximum Gasteiger partial charge on any atom is 0.241 e. The van der Waals surface area contributed by atoms with Crippen LogP contribution in [-0.2, 0) is 6.54 Å². The molecule has 0 fully saturated rings. The lowest BCUT2D eigenvalue weighted by molar-refractivity contribution is 0.229. The number of aromatic nitrogens is 2. The van der Waals surface area contributed by atoms with Gasteiger partial charge < -0.3 is 9.26 Å². The SMILES string of the molecule is COc1ccc(-c2noc(CN(C)[C@H](c3ccccc3)c3ccc(F)cc3)n2)cc1. The van der Waals surface area contributed by atoms with Crippen molar-refractivity contribution in [3.05, 3.63) is 102 Å². The van der Waals surface area contributed by atoms with E-state index >= 15 is 0 Å². The lowest BCUT2D eigenvalue weighted by Crippen LogP contribution is -2.25. The number of methoxy groups -OCH3 is 1. The van der Waals surface area contributed by atoms with Crippen molar-refractivity contribution in [2.45, 2.75) is 12.6 Å². The molecule has 3 aromatic carbocycles. The molecule has 1 heterocycles. The Morgan fingerprint density at radius 3 is 2.27 bits per heavy atom.